The summed E-state index contributed by atoms with van der Waals surface area (Å²) in [6, 6.07) is 0. The number of carboxylic acids is 2. The number of carboxylic acid groups (broad SMARTS) is 2. The fourth-order valence-corrected chi connectivity index (χ4v) is 0.328. The highest BCUT2D eigenvalue weighted by atomic mass is 19.4. The Kier molecular flexibility index (Phi) is 7.78. The highest BCUT2D eigenvalue weighted by Gasteiger charge is 2.38. The monoisotopic (exact) mass is 216 g/mol. The molecule has 14 heavy (non-hydrogen) atoms. The van der Waals surface area contributed by atoms with Crippen molar-refractivity contribution in [3.8, 4) is 0 Å². The van der Waals surface area contributed by atoms with Crippen LogP contribution in [0, 0.1) is 0 Å². The molecule has 0 aromatic carbocycles. The van der Waals surface area contributed by atoms with Gasteiger partial charge in [0, 0.05) is 6.42 Å². The van der Waals surface area contributed by atoms with Crippen LogP contribution >= 0.6 is 0 Å². The maximum absolute atomic E-state index is 10.6. The van der Waals surface area contributed by atoms with E-state index in [0.29, 0.717) is 6.42 Å². The van der Waals surface area contributed by atoms with Crippen LogP contribution in [0.5, 0.6) is 0 Å². The van der Waals surface area contributed by atoms with Crippen LogP contribution in [0.25, 0.3) is 0 Å². The van der Waals surface area contributed by atoms with Gasteiger partial charge in [0.1, 0.15) is 0 Å². The Bertz CT molecular complexity index is 188. The quantitative estimate of drug-likeness (QED) is 0.755. The highest BCUT2D eigenvalue weighted by molar-refractivity contribution is 5.73. The van der Waals surface area contributed by atoms with Crippen LogP contribution in [0.4, 0.5) is 13.2 Å². The summed E-state index contributed by atoms with van der Waals surface area (Å²) in [6.07, 6.45) is -3.00. The lowest BCUT2D eigenvalue weighted by Crippen LogP contribution is -2.21. The molecule has 0 saturated carbocycles. The minimum absolute atomic E-state index is 0.316. The van der Waals surface area contributed by atoms with E-state index in [-0.39, 0.29) is 0 Å². The Hall–Kier alpha value is -1.27. The SMILES string of the molecule is CCCCC(=O)O.O=C(O)C(F)(F)F. The van der Waals surface area contributed by atoms with Crippen molar-refractivity contribution in [2.75, 3.05) is 0 Å². The smallest absolute Gasteiger partial charge is 0.481 e. The van der Waals surface area contributed by atoms with E-state index >= 15 is 0 Å². The molecule has 0 rings (SSSR count). The number of aliphatic carboxylic acids is 2. The van der Waals surface area contributed by atoms with E-state index in [2.05, 4.69) is 0 Å². The van der Waals surface area contributed by atoms with Gasteiger partial charge in [-0.15, -0.1) is 0 Å². The minimum atomic E-state index is -5.08. The molecule has 0 fully saturated rings. The highest BCUT2D eigenvalue weighted by Crippen LogP contribution is 2.13. The third kappa shape index (κ3) is 13.3. The number of alkyl halides is 3. The van der Waals surface area contributed by atoms with Gasteiger partial charge in [-0.25, -0.2) is 4.79 Å². The molecule has 0 atom stereocenters. The molecule has 0 aliphatic heterocycles. The fourth-order valence-electron chi connectivity index (χ4n) is 0.328. The number of carbonyl (C=O) groups is 2. The van der Waals surface area contributed by atoms with Crippen molar-refractivity contribution in [2.45, 2.75) is 32.4 Å². The predicted octanol–water partition coefficient (Wildman–Crippen LogP) is 1.89. The average molecular weight is 216 g/mol. The summed E-state index contributed by atoms with van der Waals surface area (Å²) in [4.78, 5) is 18.7. The van der Waals surface area contributed by atoms with E-state index in [1.165, 1.54) is 0 Å². The summed E-state index contributed by atoms with van der Waals surface area (Å²) in [5, 5.41) is 15.2. The van der Waals surface area contributed by atoms with E-state index < -0.39 is 18.1 Å². The molecule has 0 bridgehead atoms. The Morgan fingerprint density at radius 3 is 1.64 bits per heavy atom. The number of rotatable bonds is 3. The Labute approximate surface area is 78.3 Å². The van der Waals surface area contributed by atoms with Crippen LogP contribution in [0.2, 0.25) is 0 Å². The number of hydrogen-bond donors (Lipinski definition) is 2. The Balaban J connectivity index is 0. The van der Waals surface area contributed by atoms with Crippen molar-refractivity contribution >= 4 is 11.9 Å². The van der Waals surface area contributed by atoms with Gasteiger partial charge in [-0.2, -0.15) is 13.2 Å². The molecule has 0 aromatic heterocycles. The van der Waals surface area contributed by atoms with Crippen molar-refractivity contribution < 1.29 is 33.0 Å². The van der Waals surface area contributed by atoms with E-state index in [4.69, 9.17) is 15.0 Å². The summed E-state index contributed by atoms with van der Waals surface area (Å²) in [7, 11) is 0. The summed E-state index contributed by atoms with van der Waals surface area (Å²) in [5.74, 6) is -3.45. The molecule has 2 N–H and O–H groups in total. The van der Waals surface area contributed by atoms with E-state index in [1.54, 1.807) is 0 Å². The van der Waals surface area contributed by atoms with Crippen molar-refractivity contribution in [1.29, 1.82) is 0 Å². The zero-order valence-corrected chi connectivity index (χ0v) is 7.47. The molecule has 84 valence electrons. The van der Waals surface area contributed by atoms with Gasteiger partial charge in [0.2, 0.25) is 0 Å². The topological polar surface area (TPSA) is 74.6 Å². The zero-order valence-electron chi connectivity index (χ0n) is 7.47. The lowest BCUT2D eigenvalue weighted by atomic mass is 10.3. The van der Waals surface area contributed by atoms with Crippen molar-refractivity contribution in [3.05, 3.63) is 0 Å². The van der Waals surface area contributed by atoms with Crippen LogP contribution in [0.1, 0.15) is 26.2 Å². The van der Waals surface area contributed by atoms with Gasteiger partial charge in [0.25, 0.3) is 0 Å². The molecular formula is C7H11F3O4. The molecule has 0 amide bonds. The molecule has 7 heteroatoms. The molecule has 0 unspecified atom stereocenters. The first-order valence-electron chi connectivity index (χ1n) is 3.73. The minimum Gasteiger partial charge on any atom is -0.481 e. The van der Waals surface area contributed by atoms with Gasteiger partial charge in [-0.3, -0.25) is 4.79 Å². The van der Waals surface area contributed by atoms with Crippen LogP contribution in [-0.2, 0) is 9.59 Å². The molecular weight excluding hydrogens is 205 g/mol. The second-order valence-corrected chi connectivity index (χ2v) is 2.30. The molecule has 0 radical (unpaired) electrons. The number of halogens is 3. The standard InChI is InChI=1S/C5H10O2.C2HF3O2/c1-2-3-4-5(6)7;3-2(4,5)1(6)7/h2-4H2,1H3,(H,6,7);(H,6,7). The first-order valence-corrected chi connectivity index (χ1v) is 3.73. The van der Waals surface area contributed by atoms with Gasteiger partial charge in [0.05, 0.1) is 0 Å². The molecule has 0 saturated heterocycles. The van der Waals surface area contributed by atoms with E-state index in [9.17, 15) is 18.0 Å². The molecule has 0 spiro atoms. The maximum atomic E-state index is 10.6. The number of unbranched alkanes of at least 4 members (excludes halogenated alkanes) is 1. The van der Waals surface area contributed by atoms with E-state index in [0.717, 1.165) is 12.8 Å². The van der Waals surface area contributed by atoms with Crippen LogP contribution in [-0.4, -0.2) is 28.3 Å². The van der Waals surface area contributed by atoms with Crippen molar-refractivity contribution in [3.63, 3.8) is 0 Å². The lowest BCUT2D eigenvalue weighted by molar-refractivity contribution is -0.192. The summed E-state index contributed by atoms with van der Waals surface area (Å²) in [6.45, 7) is 1.98. The van der Waals surface area contributed by atoms with E-state index in [1.807, 2.05) is 6.92 Å². The maximum Gasteiger partial charge on any atom is 0.490 e. The Morgan fingerprint density at radius 1 is 1.21 bits per heavy atom. The second kappa shape index (κ2) is 7.16. The third-order valence-electron chi connectivity index (χ3n) is 0.987. The average Bonchev–Trinajstić information content (AvgIpc) is 2.00. The summed E-state index contributed by atoms with van der Waals surface area (Å²) in [5.41, 5.74) is 0. The van der Waals surface area contributed by atoms with Gasteiger partial charge in [0.15, 0.2) is 0 Å². The number of hydrogen-bond acceptors (Lipinski definition) is 2. The fraction of sp³-hybridized carbons (Fsp3) is 0.714. The first-order chi connectivity index (χ1) is 6.21. The van der Waals surface area contributed by atoms with Gasteiger partial charge >= 0.3 is 18.1 Å². The van der Waals surface area contributed by atoms with Crippen LogP contribution < -0.4 is 0 Å². The Morgan fingerprint density at radius 2 is 1.57 bits per heavy atom. The zero-order chi connectivity index (χ0) is 11.8. The molecule has 0 heterocycles. The summed E-state index contributed by atoms with van der Waals surface area (Å²) < 4.78 is 31.7. The predicted molar refractivity (Wildman–Crippen MR) is 40.9 cm³/mol. The first kappa shape index (κ1) is 15.2. The van der Waals surface area contributed by atoms with Gasteiger partial charge in [-0.05, 0) is 6.42 Å². The lowest BCUT2D eigenvalue weighted by Gasteiger charge is -1.93. The van der Waals surface area contributed by atoms with Gasteiger partial charge < -0.3 is 10.2 Å². The summed E-state index contributed by atoms with van der Waals surface area (Å²) >= 11 is 0. The van der Waals surface area contributed by atoms with Crippen LogP contribution in [0.15, 0.2) is 0 Å². The van der Waals surface area contributed by atoms with Gasteiger partial charge in [-0.1, -0.05) is 13.3 Å². The van der Waals surface area contributed by atoms with Crippen molar-refractivity contribution in [2.24, 2.45) is 0 Å². The largest absolute Gasteiger partial charge is 0.490 e. The normalized spacial score (nSPS) is 10.0. The molecule has 0 aliphatic rings. The van der Waals surface area contributed by atoms with Crippen LogP contribution in [0.3, 0.4) is 0 Å². The third-order valence-corrected chi connectivity index (χ3v) is 0.987. The van der Waals surface area contributed by atoms with Crippen molar-refractivity contribution in [1.82, 2.24) is 0 Å². The second-order valence-electron chi connectivity index (χ2n) is 2.30. The molecule has 4 nitrogen and oxygen atoms in total. The molecule has 0 aromatic rings. The molecule has 0 aliphatic carbocycles.